The fourth-order valence-corrected chi connectivity index (χ4v) is 2.16. The third-order valence-corrected chi connectivity index (χ3v) is 3.42. The number of carbonyl (C=O) groups is 1. The van der Waals surface area contributed by atoms with Gasteiger partial charge in [-0.2, -0.15) is 0 Å². The first kappa shape index (κ1) is 13.5. The SMILES string of the molecule is O=C(Nc1nccc(Cl)n1)c1cc(Br)ccc1Br. The first-order chi connectivity index (χ1) is 8.56. The van der Waals surface area contributed by atoms with Crippen LogP contribution in [0.25, 0.3) is 0 Å². The Labute approximate surface area is 125 Å². The summed E-state index contributed by atoms with van der Waals surface area (Å²) >= 11 is 12.3. The molecule has 1 aromatic carbocycles. The van der Waals surface area contributed by atoms with Crippen molar-refractivity contribution >= 4 is 55.3 Å². The molecule has 2 aromatic rings. The van der Waals surface area contributed by atoms with Crippen LogP contribution in [0, 0.1) is 0 Å². The molecule has 0 fully saturated rings. The van der Waals surface area contributed by atoms with Crippen molar-refractivity contribution in [2.45, 2.75) is 0 Å². The van der Waals surface area contributed by atoms with Crippen LogP contribution in [0.3, 0.4) is 0 Å². The Bertz CT molecular complexity index is 607. The van der Waals surface area contributed by atoms with Gasteiger partial charge in [0.2, 0.25) is 5.95 Å². The number of anilines is 1. The minimum atomic E-state index is -0.314. The number of carbonyl (C=O) groups excluding carboxylic acids is 1. The second kappa shape index (κ2) is 5.77. The van der Waals surface area contributed by atoms with Crippen LogP contribution >= 0.6 is 43.5 Å². The van der Waals surface area contributed by atoms with Crippen molar-refractivity contribution in [3.63, 3.8) is 0 Å². The Balaban J connectivity index is 2.24. The van der Waals surface area contributed by atoms with E-state index in [2.05, 4.69) is 47.1 Å². The summed E-state index contributed by atoms with van der Waals surface area (Å²) < 4.78 is 1.49. The maximum Gasteiger partial charge on any atom is 0.259 e. The minimum absolute atomic E-state index is 0.166. The molecule has 0 unspecified atom stereocenters. The number of rotatable bonds is 2. The molecule has 2 rings (SSSR count). The quantitative estimate of drug-likeness (QED) is 0.790. The normalized spacial score (nSPS) is 10.2. The predicted octanol–water partition coefficient (Wildman–Crippen LogP) is 3.91. The van der Waals surface area contributed by atoms with Gasteiger partial charge in [-0.25, -0.2) is 9.97 Å². The maximum atomic E-state index is 12.0. The molecule has 0 bridgehead atoms. The smallest absolute Gasteiger partial charge is 0.259 e. The van der Waals surface area contributed by atoms with Gasteiger partial charge in [0.25, 0.3) is 5.91 Å². The highest BCUT2D eigenvalue weighted by Crippen LogP contribution is 2.22. The van der Waals surface area contributed by atoms with Crippen LogP contribution in [0.1, 0.15) is 10.4 Å². The molecule has 0 saturated carbocycles. The van der Waals surface area contributed by atoms with E-state index < -0.39 is 0 Å². The Morgan fingerprint density at radius 3 is 2.78 bits per heavy atom. The fraction of sp³-hybridized carbons (Fsp3) is 0. The summed E-state index contributed by atoms with van der Waals surface area (Å²) in [6, 6.07) is 6.84. The molecule has 4 nitrogen and oxygen atoms in total. The molecular formula is C11H6Br2ClN3O. The van der Waals surface area contributed by atoms with Crippen LogP contribution < -0.4 is 5.32 Å². The van der Waals surface area contributed by atoms with E-state index in [4.69, 9.17) is 11.6 Å². The van der Waals surface area contributed by atoms with Gasteiger partial charge in [0.1, 0.15) is 5.15 Å². The van der Waals surface area contributed by atoms with Crippen molar-refractivity contribution in [3.8, 4) is 0 Å². The summed E-state index contributed by atoms with van der Waals surface area (Å²) in [7, 11) is 0. The Kier molecular flexibility index (Phi) is 4.31. The largest absolute Gasteiger partial charge is 0.290 e. The average Bonchev–Trinajstić information content (AvgIpc) is 2.32. The molecule has 92 valence electrons. The van der Waals surface area contributed by atoms with E-state index in [9.17, 15) is 4.79 Å². The predicted molar refractivity (Wildman–Crippen MR) is 76.8 cm³/mol. The zero-order valence-corrected chi connectivity index (χ0v) is 12.8. The van der Waals surface area contributed by atoms with Crippen LogP contribution in [0.15, 0.2) is 39.4 Å². The molecule has 1 N–H and O–H groups in total. The molecular weight excluding hydrogens is 385 g/mol. The van der Waals surface area contributed by atoms with Crippen LogP contribution in [0.5, 0.6) is 0 Å². The number of halogens is 3. The number of nitrogens with one attached hydrogen (secondary N) is 1. The molecule has 1 aromatic heterocycles. The molecule has 7 heteroatoms. The lowest BCUT2D eigenvalue weighted by Crippen LogP contribution is -2.14. The van der Waals surface area contributed by atoms with Gasteiger partial charge in [-0.1, -0.05) is 27.5 Å². The Morgan fingerprint density at radius 1 is 1.28 bits per heavy atom. The summed E-state index contributed by atoms with van der Waals surface area (Å²) in [6.45, 7) is 0. The van der Waals surface area contributed by atoms with Crippen LogP contribution in [0.4, 0.5) is 5.95 Å². The Hall–Kier alpha value is -0.980. The van der Waals surface area contributed by atoms with Crippen molar-refractivity contribution in [2.75, 3.05) is 5.32 Å². The van der Waals surface area contributed by atoms with Crippen molar-refractivity contribution in [1.29, 1.82) is 0 Å². The summed E-state index contributed by atoms with van der Waals surface area (Å²) in [4.78, 5) is 19.8. The van der Waals surface area contributed by atoms with E-state index in [0.717, 1.165) is 4.47 Å². The van der Waals surface area contributed by atoms with Gasteiger partial charge in [0.05, 0.1) is 5.56 Å². The standard InChI is InChI=1S/C11H6Br2ClN3O/c12-6-1-2-8(13)7(5-6)10(18)17-11-15-4-3-9(14)16-11/h1-5H,(H,15,16,17,18). The molecule has 0 radical (unpaired) electrons. The first-order valence-corrected chi connectivity index (χ1v) is 6.77. The molecule has 0 aliphatic carbocycles. The zero-order chi connectivity index (χ0) is 13.1. The second-order valence-electron chi connectivity index (χ2n) is 3.28. The van der Waals surface area contributed by atoms with Crippen molar-refractivity contribution in [1.82, 2.24) is 9.97 Å². The first-order valence-electron chi connectivity index (χ1n) is 4.81. The highest BCUT2D eigenvalue weighted by molar-refractivity contribution is 9.11. The van der Waals surface area contributed by atoms with E-state index in [1.54, 1.807) is 12.1 Å². The number of aromatic nitrogens is 2. The minimum Gasteiger partial charge on any atom is -0.290 e. The third-order valence-electron chi connectivity index (χ3n) is 2.02. The topological polar surface area (TPSA) is 54.9 Å². The molecule has 0 saturated heterocycles. The number of benzene rings is 1. The summed E-state index contributed by atoms with van der Waals surface area (Å²) in [6.07, 6.45) is 1.47. The van der Waals surface area contributed by atoms with Crippen molar-refractivity contribution in [3.05, 3.63) is 50.1 Å². The fourth-order valence-electron chi connectivity index (χ4n) is 1.24. The summed E-state index contributed by atoms with van der Waals surface area (Å²) in [5.74, 6) is -0.148. The lowest BCUT2D eigenvalue weighted by molar-refractivity contribution is 0.102. The van der Waals surface area contributed by atoms with Gasteiger partial charge in [0.15, 0.2) is 0 Å². The lowest BCUT2D eigenvalue weighted by atomic mass is 10.2. The summed E-state index contributed by atoms with van der Waals surface area (Å²) in [5, 5.41) is 2.84. The summed E-state index contributed by atoms with van der Waals surface area (Å²) in [5.41, 5.74) is 0.480. The number of amides is 1. The molecule has 0 aliphatic rings. The van der Waals surface area contributed by atoms with E-state index in [1.165, 1.54) is 12.3 Å². The molecule has 0 atom stereocenters. The van der Waals surface area contributed by atoms with Gasteiger partial charge in [-0.3, -0.25) is 10.1 Å². The highest BCUT2D eigenvalue weighted by atomic mass is 79.9. The van der Waals surface area contributed by atoms with E-state index in [1.807, 2.05) is 6.07 Å². The monoisotopic (exact) mass is 389 g/mol. The average molecular weight is 391 g/mol. The molecule has 1 amide bonds. The lowest BCUT2D eigenvalue weighted by Gasteiger charge is -2.06. The van der Waals surface area contributed by atoms with Gasteiger partial charge < -0.3 is 0 Å². The number of hydrogen-bond acceptors (Lipinski definition) is 3. The van der Waals surface area contributed by atoms with Gasteiger partial charge >= 0.3 is 0 Å². The second-order valence-corrected chi connectivity index (χ2v) is 5.44. The molecule has 0 spiro atoms. The van der Waals surface area contributed by atoms with Crippen LogP contribution in [-0.2, 0) is 0 Å². The third kappa shape index (κ3) is 3.28. The van der Waals surface area contributed by atoms with Crippen LogP contribution in [0.2, 0.25) is 5.15 Å². The number of nitrogens with zero attached hydrogens (tertiary/aromatic N) is 2. The maximum absolute atomic E-state index is 12.0. The van der Waals surface area contributed by atoms with Gasteiger partial charge in [-0.15, -0.1) is 0 Å². The highest BCUT2D eigenvalue weighted by Gasteiger charge is 2.12. The van der Waals surface area contributed by atoms with Gasteiger partial charge in [-0.05, 0) is 40.2 Å². The Morgan fingerprint density at radius 2 is 2.06 bits per heavy atom. The van der Waals surface area contributed by atoms with Crippen molar-refractivity contribution in [2.24, 2.45) is 0 Å². The molecule has 0 aliphatic heterocycles. The van der Waals surface area contributed by atoms with Crippen LogP contribution in [-0.4, -0.2) is 15.9 Å². The molecule has 1 heterocycles. The number of hydrogen-bond donors (Lipinski definition) is 1. The van der Waals surface area contributed by atoms with E-state index in [0.29, 0.717) is 10.0 Å². The molecule has 18 heavy (non-hydrogen) atoms. The van der Waals surface area contributed by atoms with Gasteiger partial charge in [0, 0.05) is 15.1 Å². The van der Waals surface area contributed by atoms with E-state index in [-0.39, 0.29) is 17.0 Å². The zero-order valence-electron chi connectivity index (χ0n) is 8.82. The van der Waals surface area contributed by atoms with E-state index >= 15 is 0 Å². The van der Waals surface area contributed by atoms with Crippen molar-refractivity contribution < 1.29 is 4.79 Å².